The maximum Gasteiger partial charge on any atom is 0.265 e. The first kappa shape index (κ1) is 19.2. The quantitative estimate of drug-likeness (QED) is 0.823. The van der Waals surface area contributed by atoms with Gasteiger partial charge in [0, 0.05) is 43.0 Å². The number of carbonyl (C=O) groups excluding carboxylic acids is 1. The first-order valence-electron chi connectivity index (χ1n) is 9.22. The van der Waals surface area contributed by atoms with Gasteiger partial charge in [-0.15, -0.1) is 0 Å². The van der Waals surface area contributed by atoms with E-state index in [4.69, 9.17) is 14.2 Å². The SMILES string of the molecule is COC1(c2cc(F)cc(Sc3ccc4c(c3)OC(C)C(=O)N4)c2)CCOCC1. The largest absolute Gasteiger partial charge is 0.479 e. The minimum atomic E-state index is -0.538. The van der Waals surface area contributed by atoms with Crippen molar-refractivity contribution < 1.29 is 23.4 Å². The molecule has 0 spiro atoms. The number of benzene rings is 2. The first-order chi connectivity index (χ1) is 13.5. The van der Waals surface area contributed by atoms with Crippen LogP contribution in [0.2, 0.25) is 0 Å². The van der Waals surface area contributed by atoms with Gasteiger partial charge < -0.3 is 19.5 Å². The van der Waals surface area contributed by atoms with Crippen molar-refractivity contribution in [1.29, 1.82) is 0 Å². The second-order valence-corrected chi connectivity index (χ2v) is 8.14. The van der Waals surface area contributed by atoms with Crippen LogP contribution in [0.25, 0.3) is 0 Å². The van der Waals surface area contributed by atoms with Crippen LogP contribution in [0.3, 0.4) is 0 Å². The highest BCUT2D eigenvalue weighted by atomic mass is 32.2. The van der Waals surface area contributed by atoms with Gasteiger partial charge in [-0.2, -0.15) is 0 Å². The summed E-state index contributed by atoms with van der Waals surface area (Å²) in [5.41, 5.74) is 0.956. The predicted octanol–water partition coefficient (Wildman–Crippen LogP) is 4.35. The molecule has 1 fully saturated rings. The van der Waals surface area contributed by atoms with Gasteiger partial charge in [-0.25, -0.2) is 4.39 Å². The lowest BCUT2D eigenvalue weighted by Crippen LogP contribution is -2.35. The molecular formula is C21H22FNO4S. The Balaban J connectivity index is 1.61. The number of halogens is 1. The van der Waals surface area contributed by atoms with Crippen LogP contribution >= 0.6 is 11.8 Å². The topological polar surface area (TPSA) is 56.8 Å². The lowest BCUT2D eigenvalue weighted by molar-refractivity contribution is -0.122. The van der Waals surface area contributed by atoms with Crippen molar-refractivity contribution in [3.8, 4) is 5.75 Å². The minimum absolute atomic E-state index is 0.163. The zero-order chi connectivity index (χ0) is 19.7. The number of hydrogen-bond donors (Lipinski definition) is 1. The summed E-state index contributed by atoms with van der Waals surface area (Å²) in [5, 5.41) is 2.81. The Morgan fingerprint density at radius 3 is 2.71 bits per heavy atom. The average Bonchev–Trinajstić information content (AvgIpc) is 2.69. The third-order valence-electron chi connectivity index (χ3n) is 5.21. The molecule has 0 aliphatic carbocycles. The van der Waals surface area contributed by atoms with E-state index >= 15 is 0 Å². The van der Waals surface area contributed by atoms with Crippen molar-refractivity contribution in [3.63, 3.8) is 0 Å². The molecule has 2 aromatic carbocycles. The fraction of sp³-hybridized carbons (Fsp3) is 0.381. The Morgan fingerprint density at radius 2 is 1.96 bits per heavy atom. The highest BCUT2D eigenvalue weighted by Gasteiger charge is 2.35. The Kier molecular flexibility index (Phi) is 5.31. The Hall–Kier alpha value is -2.09. The summed E-state index contributed by atoms with van der Waals surface area (Å²) >= 11 is 1.44. The summed E-state index contributed by atoms with van der Waals surface area (Å²) in [6, 6.07) is 10.6. The maximum atomic E-state index is 14.4. The maximum absolute atomic E-state index is 14.4. The van der Waals surface area contributed by atoms with Crippen molar-refractivity contribution in [1.82, 2.24) is 0 Å². The molecule has 2 aliphatic rings. The Labute approximate surface area is 167 Å². The average molecular weight is 403 g/mol. The van der Waals surface area contributed by atoms with Crippen LogP contribution in [-0.2, 0) is 19.9 Å². The van der Waals surface area contributed by atoms with Gasteiger partial charge in [0.15, 0.2) is 6.10 Å². The number of anilines is 1. The summed E-state index contributed by atoms with van der Waals surface area (Å²) in [4.78, 5) is 13.4. The molecule has 0 saturated carbocycles. The molecule has 148 valence electrons. The fourth-order valence-corrected chi connectivity index (χ4v) is 4.51. The van der Waals surface area contributed by atoms with Crippen LogP contribution < -0.4 is 10.1 Å². The number of hydrogen-bond acceptors (Lipinski definition) is 5. The first-order valence-corrected chi connectivity index (χ1v) is 10.0. The van der Waals surface area contributed by atoms with Crippen molar-refractivity contribution in [2.45, 2.75) is 41.3 Å². The number of ether oxygens (including phenoxy) is 3. The van der Waals surface area contributed by atoms with E-state index in [2.05, 4.69) is 5.32 Å². The highest BCUT2D eigenvalue weighted by Crippen LogP contribution is 2.40. The normalized spacial score (nSPS) is 20.8. The van der Waals surface area contributed by atoms with Gasteiger partial charge in [0.05, 0.1) is 11.3 Å². The van der Waals surface area contributed by atoms with Crippen LogP contribution in [0.4, 0.5) is 10.1 Å². The molecule has 1 amide bonds. The number of rotatable bonds is 4. The molecule has 28 heavy (non-hydrogen) atoms. The van der Waals surface area contributed by atoms with Gasteiger partial charge in [0.1, 0.15) is 11.6 Å². The number of amides is 1. The molecule has 1 N–H and O–H groups in total. The molecule has 1 unspecified atom stereocenters. The van der Waals surface area contributed by atoms with E-state index in [9.17, 15) is 9.18 Å². The Morgan fingerprint density at radius 1 is 1.18 bits per heavy atom. The standard InChI is InChI=1S/C21H22FNO4S/c1-13-20(24)23-18-4-3-16(12-19(18)27-13)28-17-10-14(9-15(22)11-17)21(25-2)5-7-26-8-6-21/h3-4,9-13H,5-8H2,1-2H3,(H,23,24). The summed E-state index contributed by atoms with van der Waals surface area (Å²) in [5.74, 6) is 0.161. The summed E-state index contributed by atoms with van der Waals surface area (Å²) in [7, 11) is 1.67. The second-order valence-electron chi connectivity index (χ2n) is 7.00. The molecule has 0 aromatic heterocycles. The number of nitrogens with one attached hydrogen (secondary N) is 1. The molecule has 2 aliphatic heterocycles. The van der Waals surface area contributed by atoms with Crippen molar-refractivity contribution in [2.75, 3.05) is 25.6 Å². The van der Waals surface area contributed by atoms with Crippen molar-refractivity contribution >= 4 is 23.4 Å². The minimum Gasteiger partial charge on any atom is -0.479 e. The molecular weight excluding hydrogens is 381 g/mol. The zero-order valence-electron chi connectivity index (χ0n) is 15.8. The van der Waals surface area contributed by atoms with E-state index < -0.39 is 11.7 Å². The van der Waals surface area contributed by atoms with E-state index in [-0.39, 0.29) is 11.7 Å². The van der Waals surface area contributed by atoms with Crippen LogP contribution in [0.15, 0.2) is 46.2 Å². The van der Waals surface area contributed by atoms with E-state index in [0.717, 1.165) is 15.4 Å². The van der Waals surface area contributed by atoms with Gasteiger partial charge in [-0.05, 0) is 48.9 Å². The van der Waals surface area contributed by atoms with E-state index in [0.29, 0.717) is 37.5 Å². The molecule has 2 heterocycles. The monoisotopic (exact) mass is 403 g/mol. The van der Waals surface area contributed by atoms with Gasteiger partial charge in [0.25, 0.3) is 5.91 Å². The van der Waals surface area contributed by atoms with Gasteiger partial charge >= 0.3 is 0 Å². The van der Waals surface area contributed by atoms with Crippen LogP contribution in [0, 0.1) is 5.82 Å². The molecule has 1 atom stereocenters. The number of methoxy groups -OCH3 is 1. The smallest absolute Gasteiger partial charge is 0.265 e. The van der Waals surface area contributed by atoms with Crippen molar-refractivity contribution in [3.05, 3.63) is 47.8 Å². The summed E-state index contributed by atoms with van der Waals surface area (Å²) in [6.07, 6.45) is 0.853. The fourth-order valence-electron chi connectivity index (χ4n) is 3.58. The van der Waals surface area contributed by atoms with Crippen LogP contribution in [0.1, 0.15) is 25.3 Å². The molecule has 4 rings (SSSR count). The second kappa shape index (κ2) is 7.73. The lowest BCUT2D eigenvalue weighted by Gasteiger charge is -2.36. The van der Waals surface area contributed by atoms with E-state index in [1.165, 1.54) is 17.8 Å². The summed E-state index contributed by atoms with van der Waals surface area (Å²) in [6.45, 7) is 2.90. The van der Waals surface area contributed by atoms with Crippen LogP contribution in [-0.4, -0.2) is 32.3 Å². The molecule has 0 bridgehead atoms. The van der Waals surface area contributed by atoms with Gasteiger partial charge in [-0.1, -0.05) is 11.8 Å². The van der Waals surface area contributed by atoms with Gasteiger partial charge in [-0.3, -0.25) is 4.79 Å². The number of fused-ring (bicyclic) bond motifs is 1. The summed E-state index contributed by atoms with van der Waals surface area (Å²) < 4.78 is 31.3. The van der Waals surface area contributed by atoms with Gasteiger partial charge in [0.2, 0.25) is 0 Å². The molecule has 2 aromatic rings. The lowest BCUT2D eigenvalue weighted by atomic mass is 9.86. The molecule has 0 radical (unpaired) electrons. The van der Waals surface area contributed by atoms with Crippen LogP contribution in [0.5, 0.6) is 5.75 Å². The molecule has 5 nitrogen and oxygen atoms in total. The third kappa shape index (κ3) is 3.74. The predicted molar refractivity (Wildman–Crippen MR) is 104 cm³/mol. The Bertz CT molecular complexity index is 898. The third-order valence-corrected chi connectivity index (χ3v) is 6.17. The molecule has 7 heteroatoms. The number of carbonyl (C=O) groups is 1. The van der Waals surface area contributed by atoms with Crippen molar-refractivity contribution in [2.24, 2.45) is 0 Å². The van der Waals surface area contributed by atoms with E-state index in [1.807, 2.05) is 18.2 Å². The molecule has 1 saturated heterocycles. The zero-order valence-corrected chi connectivity index (χ0v) is 16.6. The highest BCUT2D eigenvalue weighted by molar-refractivity contribution is 7.99. The van der Waals surface area contributed by atoms with E-state index in [1.54, 1.807) is 26.2 Å².